The molecule has 1 heterocycles. The van der Waals surface area contributed by atoms with Crippen LogP contribution in [-0.2, 0) is 4.79 Å². The van der Waals surface area contributed by atoms with Crippen LogP contribution in [-0.4, -0.2) is 31.4 Å². The number of nitrogens with zero attached hydrogens (tertiary/aromatic N) is 1. The van der Waals surface area contributed by atoms with Crippen molar-refractivity contribution in [2.24, 2.45) is 0 Å². The first-order chi connectivity index (χ1) is 8.15. The molecule has 1 atom stereocenters. The zero-order chi connectivity index (χ0) is 12.7. The van der Waals surface area contributed by atoms with Gasteiger partial charge in [0.1, 0.15) is 0 Å². The third-order valence-electron chi connectivity index (χ3n) is 2.75. The molecular weight excluding hydrogens is 232 g/mol. The molecule has 0 fully saturated rings. The van der Waals surface area contributed by atoms with Crippen molar-refractivity contribution in [3.8, 4) is 0 Å². The molecule has 1 aromatic heterocycles. The van der Waals surface area contributed by atoms with E-state index in [1.165, 1.54) is 4.88 Å². The molecule has 0 aliphatic heterocycles. The first-order valence-electron chi connectivity index (χ1n) is 6.12. The zero-order valence-electron chi connectivity index (χ0n) is 10.9. The number of hydrogen-bond acceptors (Lipinski definition) is 3. The van der Waals surface area contributed by atoms with E-state index in [1.54, 1.807) is 30.3 Å². The van der Waals surface area contributed by atoms with Crippen molar-refractivity contribution < 1.29 is 4.79 Å². The summed E-state index contributed by atoms with van der Waals surface area (Å²) in [5.41, 5.74) is 0. The second kappa shape index (κ2) is 7.45. The van der Waals surface area contributed by atoms with E-state index in [-0.39, 0.29) is 5.91 Å². The van der Waals surface area contributed by atoms with Crippen LogP contribution in [0.25, 0.3) is 0 Å². The summed E-state index contributed by atoms with van der Waals surface area (Å²) in [6.45, 7) is 3.08. The zero-order valence-corrected chi connectivity index (χ0v) is 11.7. The number of hydrogen-bond donors (Lipinski definition) is 1. The largest absolute Gasteiger partial charge is 0.349 e. The molecule has 1 rings (SSSR count). The maximum atomic E-state index is 11.4. The van der Waals surface area contributed by atoms with Crippen molar-refractivity contribution in [1.82, 2.24) is 10.2 Å². The van der Waals surface area contributed by atoms with Gasteiger partial charge in [-0.2, -0.15) is 0 Å². The van der Waals surface area contributed by atoms with Crippen molar-refractivity contribution >= 4 is 17.2 Å². The third-order valence-corrected chi connectivity index (χ3v) is 3.74. The fourth-order valence-corrected chi connectivity index (χ4v) is 2.56. The van der Waals surface area contributed by atoms with E-state index in [9.17, 15) is 4.79 Å². The van der Waals surface area contributed by atoms with Gasteiger partial charge < -0.3 is 10.2 Å². The highest BCUT2D eigenvalue weighted by molar-refractivity contribution is 7.10. The summed E-state index contributed by atoms with van der Waals surface area (Å²) in [5.74, 6) is 0.205. The molecule has 1 amide bonds. The summed E-state index contributed by atoms with van der Waals surface area (Å²) in [4.78, 5) is 14.4. The molecule has 1 aromatic rings. The Balaban J connectivity index is 2.23. The Bertz CT molecular complexity index is 322. The average Bonchev–Trinajstić information content (AvgIpc) is 2.82. The molecular formula is C13H22N2OS. The van der Waals surface area contributed by atoms with E-state index in [2.05, 4.69) is 29.8 Å². The second-order valence-corrected chi connectivity index (χ2v) is 5.30. The Labute approximate surface area is 108 Å². The van der Waals surface area contributed by atoms with Crippen LogP contribution in [0.2, 0.25) is 0 Å². The van der Waals surface area contributed by atoms with E-state index in [4.69, 9.17) is 0 Å². The summed E-state index contributed by atoms with van der Waals surface area (Å²) in [5, 5.41) is 5.61. The SMILES string of the molecule is CCC(NCCCC(=O)N(C)C)c1cccs1. The van der Waals surface area contributed by atoms with Gasteiger partial charge in [-0.05, 0) is 30.8 Å². The van der Waals surface area contributed by atoms with Crippen molar-refractivity contribution in [1.29, 1.82) is 0 Å². The molecule has 1 unspecified atom stereocenters. The number of amides is 1. The normalized spacial score (nSPS) is 12.4. The highest BCUT2D eigenvalue weighted by Gasteiger charge is 2.09. The fraction of sp³-hybridized carbons (Fsp3) is 0.615. The van der Waals surface area contributed by atoms with Crippen LogP contribution in [0.15, 0.2) is 17.5 Å². The van der Waals surface area contributed by atoms with Gasteiger partial charge >= 0.3 is 0 Å². The molecule has 0 radical (unpaired) electrons. The van der Waals surface area contributed by atoms with Gasteiger partial charge in [-0.25, -0.2) is 0 Å². The Morgan fingerprint density at radius 1 is 1.53 bits per heavy atom. The molecule has 0 spiro atoms. The monoisotopic (exact) mass is 254 g/mol. The van der Waals surface area contributed by atoms with E-state index in [0.29, 0.717) is 12.5 Å². The Morgan fingerprint density at radius 3 is 2.82 bits per heavy atom. The van der Waals surface area contributed by atoms with Gasteiger partial charge in [0.2, 0.25) is 5.91 Å². The number of thiophene rings is 1. The molecule has 0 aliphatic rings. The summed E-state index contributed by atoms with van der Waals surface area (Å²) in [6.07, 6.45) is 2.61. The minimum atomic E-state index is 0.205. The van der Waals surface area contributed by atoms with Gasteiger partial charge in [0.05, 0.1) is 0 Å². The van der Waals surface area contributed by atoms with Gasteiger partial charge in [-0.1, -0.05) is 13.0 Å². The molecule has 0 aromatic carbocycles. The molecule has 3 nitrogen and oxygen atoms in total. The summed E-state index contributed by atoms with van der Waals surface area (Å²) in [6, 6.07) is 4.68. The molecule has 0 saturated carbocycles. The van der Waals surface area contributed by atoms with Crippen LogP contribution >= 0.6 is 11.3 Å². The van der Waals surface area contributed by atoms with Crippen LogP contribution in [0.1, 0.15) is 37.1 Å². The van der Waals surface area contributed by atoms with E-state index < -0.39 is 0 Å². The Hall–Kier alpha value is -0.870. The fourth-order valence-electron chi connectivity index (χ4n) is 1.68. The van der Waals surface area contributed by atoms with Gasteiger partial charge in [0, 0.05) is 31.4 Å². The lowest BCUT2D eigenvalue weighted by molar-refractivity contribution is -0.128. The van der Waals surface area contributed by atoms with Gasteiger partial charge in [0.25, 0.3) is 0 Å². The topological polar surface area (TPSA) is 32.3 Å². The van der Waals surface area contributed by atoms with Crippen LogP contribution in [0.4, 0.5) is 0 Å². The van der Waals surface area contributed by atoms with Gasteiger partial charge in [-0.3, -0.25) is 4.79 Å². The lowest BCUT2D eigenvalue weighted by atomic mass is 10.2. The lowest BCUT2D eigenvalue weighted by Gasteiger charge is -2.16. The lowest BCUT2D eigenvalue weighted by Crippen LogP contribution is -2.25. The van der Waals surface area contributed by atoms with Crippen molar-refractivity contribution in [2.45, 2.75) is 32.2 Å². The minimum absolute atomic E-state index is 0.205. The Kier molecular flexibility index (Phi) is 6.22. The third kappa shape index (κ3) is 4.88. The molecule has 0 bridgehead atoms. The summed E-state index contributed by atoms with van der Waals surface area (Å²) >= 11 is 1.79. The van der Waals surface area contributed by atoms with E-state index >= 15 is 0 Å². The predicted molar refractivity (Wildman–Crippen MR) is 73.3 cm³/mol. The molecule has 0 saturated heterocycles. The molecule has 96 valence electrons. The number of rotatable bonds is 7. The first kappa shape index (κ1) is 14.2. The minimum Gasteiger partial charge on any atom is -0.349 e. The summed E-state index contributed by atoms with van der Waals surface area (Å²) < 4.78 is 0. The van der Waals surface area contributed by atoms with Crippen LogP contribution in [0.3, 0.4) is 0 Å². The Morgan fingerprint density at radius 2 is 2.29 bits per heavy atom. The number of nitrogens with one attached hydrogen (secondary N) is 1. The second-order valence-electron chi connectivity index (χ2n) is 4.32. The summed E-state index contributed by atoms with van der Waals surface area (Å²) in [7, 11) is 3.60. The smallest absolute Gasteiger partial charge is 0.222 e. The highest BCUT2D eigenvalue weighted by Crippen LogP contribution is 2.21. The first-order valence-corrected chi connectivity index (χ1v) is 7.00. The highest BCUT2D eigenvalue weighted by atomic mass is 32.1. The predicted octanol–water partition coefficient (Wildman–Crippen LogP) is 2.66. The average molecular weight is 254 g/mol. The van der Waals surface area contributed by atoms with E-state index in [1.807, 2.05) is 0 Å². The quantitative estimate of drug-likeness (QED) is 0.759. The van der Waals surface area contributed by atoms with Crippen LogP contribution < -0.4 is 5.32 Å². The maximum Gasteiger partial charge on any atom is 0.222 e. The van der Waals surface area contributed by atoms with Gasteiger partial charge in [-0.15, -0.1) is 11.3 Å². The molecule has 17 heavy (non-hydrogen) atoms. The van der Waals surface area contributed by atoms with Crippen molar-refractivity contribution in [3.05, 3.63) is 22.4 Å². The van der Waals surface area contributed by atoms with Crippen molar-refractivity contribution in [3.63, 3.8) is 0 Å². The maximum absolute atomic E-state index is 11.4. The van der Waals surface area contributed by atoms with Crippen molar-refractivity contribution in [2.75, 3.05) is 20.6 Å². The van der Waals surface area contributed by atoms with Crippen LogP contribution in [0.5, 0.6) is 0 Å². The molecule has 1 N–H and O–H groups in total. The number of carbonyl (C=O) groups is 1. The van der Waals surface area contributed by atoms with Crippen LogP contribution in [0, 0.1) is 0 Å². The van der Waals surface area contributed by atoms with Gasteiger partial charge in [0.15, 0.2) is 0 Å². The molecule has 0 aliphatic carbocycles. The molecule has 4 heteroatoms. The number of carbonyl (C=O) groups excluding carboxylic acids is 1. The standard InChI is InChI=1S/C13H22N2OS/c1-4-11(12-7-6-10-17-12)14-9-5-8-13(16)15(2)3/h6-7,10-11,14H,4-5,8-9H2,1-3H3. The van der Waals surface area contributed by atoms with E-state index in [0.717, 1.165) is 19.4 Å².